The number of aromatic nitrogens is 2. The van der Waals surface area contributed by atoms with Crippen LogP contribution in [0, 0.1) is 5.92 Å². The fourth-order valence-corrected chi connectivity index (χ4v) is 2.57. The van der Waals surface area contributed by atoms with Crippen LogP contribution in [0.5, 0.6) is 0 Å². The van der Waals surface area contributed by atoms with Gasteiger partial charge in [0.05, 0.1) is 5.69 Å². The average Bonchev–Trinajstić information content (AvgIpc) is 2.95. The molecule has 0 amide bonds. The van der Waals surface area contributed by atoms with Crippen LogP contribution in [0.15, 0.2) is 12.3 Å². The van der Waals surface area contributed by atoms with Crippen LogP contribution >= 0.6 is 11.8 Å². The third kappa shape index (κ3) is 4.26. The monoisotopic (exact) mass is 225 g/mol. The lowest BCUT2D eigenvalue weighted by molar-refractivity contribution is 0.680. The van der Waals surface area contributed by atoms with Gasteiger partial charge in [-0.15, -0.1) is 0 Å². The molecule has 0 aliphatic heterocycles. The fourth-order valence-electron chi connectivity index (χ4n) is 1.45. The number of aryl methyl sites for hydroxylation is 1. The Labute approximate surface area is 95.6 Å². The van der Waals surface area contributed by atoms with Gasteiger partial charge >= 0.3 is 0 Å². The maximum Gasteiger partial charge on any atom is 0.0762 e. The number of rotatable bonds is 7. The molecule has 1 aromatic rings. The van der Waals surface area contributed by atoms with Gasteiger partial charge in [-0.2, -0.15) is 16.9 Å². The van der Waals surface area contributed by atoms with Crippen molar-refractivity contribution in [3.63, 3.8) is 0 Å². The number of nitrogens with one attached hydrogen (secondary N) is 1. The van der Waals surface area contributed by atoms with Crippen molar-refractivity contribution in [1.82, 2.24) is 15.1 Å². The summed E-state index contributed by atoms with van der Waals surface area (Å²) < 4.78 is 1.85. The molecule has 0 saturated heterocycles. The summed E-state index contributed by atoms with van der Waals surface area (Å²) in [5.41, 5.74) is 1.13. The Morgan fingerprint density at radius 2 is 2.47 bits per heavy atom. The lowest BCUT2D eigenvalue weighted by atomic mass is 10.4. The summed E-state index contributed by atoms with van der Waals surface area (Å²) in [4.78, 5) is 0. The summed E-state index contributed by atoms with van der Waals surface area (Å²) in [5, 5.41) is 7.73. The normalized spacial score (nSPS) is 15.8. The van der Waals surface area contributed by atoms with Gasteiger partial charge < -0.3 is 5.32 Å². The molecule has 1 aliphatic rings. The van der Waals surface area contributed by atoms with Crippen molar-refractivity contribution in [2.24, 2.45) is 13.0 Å². The van der Waals surface area contributed by atoms with Crippen LogP contribution in [-0.2, 0) is 13.6 Å². The van der Waals surface area contributed by atoms with E-state index in [0.29, 0.717) is 0 Å². The summed E-state index contributed by atoms with van der Waals surface area (Å²) in [6.45, 7) is 1.98. The van der Waals surface area contributed by atoms with Gasteiger partial charge in [-0.05, 0) is 30.6 Å². The van der Waals surface area contributed by atoms with E-state index in [2.05, 4.69) is 28.2 Å². The molecular formula is C11H19N3S. The van der Waals surface area contributed by atoms with Crippen molar-refractivity contribution in [2.75, 3.05) is 18.1 Å². The third-order valence-electron chi connectivity index (χ3n) is 2.55. The topological polar surface area (TPSA) is 29.9 Å². The molecule has 0 aromatic carbocycles. The highest BCUT2D eigenvalue weighted by Gasteiger charge is 2.20. The Balaban J connectivity index is 1.47. The van der Waals surface area contributed by atoms with Crippen molar-refractivity contribution >= 4 is 11.8 Å². The molecule has 1 N–H and O–H groups in total. The lowest BCUT2D eigenvalue weighted by Crippen LogP contribution is -2.17. The first kappa shape index (κ1) is 11.0. The Morgan fingerprint density at radius 1 is 1.60 bits per heavy atom. The van der Waals surface area contributed by atoms with Crippen molar-refractivity contribution < 1.29 is 0 Å². The van der Waals surface area contributed by atoms with Gasteiger partial charge in [-0.1, -0.05) is 0 Å². The lowest BCUT2D eigenvalue weighted by Gasteiger charge is -2.02. The molecule has 84 valence electrons. The molecule has 15 heavy (non-hydrogen) atoms. The number of nitrogens with zero attached hydrogens (tertiary/aromatic N) is 2. The van der Waals surface area contributed by atoms with E-state index in [0.717, 1.165) is 24.7 Å². The summed E-state index contributed by atoms with van der Waals surface area (Å²) in [7, 11) is 1.95. The molecule has 1 aromatic heterocycles. The van der Waals surface area contributed by atoms with E-state index in [9.17, 15) is 0 Å². The zero-order valence-corrected chi connectivity index (χ0v) is 10.1. The summed E-state index contributed by atoms with van der Waals surface area (Å²) in [5.74, 6) is 3.64. The number of thioether (sulfide) groups is 1. The largest absolute Gasteiger partial charge is 0.310 e. The van der Waals surface area contributed by atoms with Crippen LogP contribution in [0.4, 0.5) is 0 Å². The van der Waals surface area contributed by atoms with Crippen molar-refractivity contribution in [3.8, 4) is 0 Å². The van der Waals surface area contributed by atoms with Gasteiger partial charge in [-0.25, -0.2) is 0 Å². The van der Waals surface area contributed by atoms with Crippen LogP contribution in [-0.4, -0.2) is 27.8 Å². The highest BCUT2D eigenvalue weighted by molar-refractivity contribution is 7.99. The van der Waals surface area contributed by atoms with Gasteiger partial charge in [0.15, 0.2) is 0 Å². The molecule has 0 radical (unpaired) electrons. The fraction of sp³-hybridized carbons (Fsp3) is 0.727. The van der Waals surface area contributed by atoms with E-state index in [4.69, 9.17) is 0 Å². The van der Waals surface area contributed by atoms with Crippen LogP contribution < -0.4 is 5.32 Å². The second kappa shape index (κ2) is 5.56. The maximum atomic E-state index is 4.31. The molecule has 1 saturated carbocycles. The molecule has 0 unspecified atom stereocenters. The smallest absolute Gasteiger partial charge is 0.0762 e. The number of hydrogen-bond acceptors (Lipinski definition) is 3. The standard InChI is InChI=1S/C11H19N3S/c1-14-6-4-11(13-14)8-12-5-7-15-9-10-2-3-10/h4,6,10,12H,2-3,5,7-9H2,1H3. The molecule has 1 fully saturated rings. The van der Waals surface area contributed by atoms with E-state index in [-0.39, 0.29) is 0 Å². The zero-order chi connectivity index (χ0) is 10.5. The van der Waals surface area contributed by atoms with E-state index < -0.39 is 0 Å². The molecular weight excluding hydrogens is 206 g/mol. The molecule has 0 spiro atoms. The minimum Gasteiger partial charge on any atom is -0.310 e. The molecule has 1 aliphatic carbocycles. The predicted octanol–water partition coefficient (Wildman–Crippen LogP) is 1.65. The van der Waals surface area contributed by atoms with Crippen LogP contribution in [0.1, 0.15) is 18.5 Å². The first-order valence-corrected chi connectivity index (χ1v) is 6.77. The van der Waals surface area contributed by atoms with E-state index in [1.807, 2.05) is 17.9 Å². The Bertz CT molecular complexity index is 294. The molecule has 0 bridgehead atoms. The second-order valence-corrected chi connectivity index (χ2v) is 5.33. The molecule has 0 atom stereocenters. The van der Waals surface area contributed by atoms with Gasteiger partial charge in [0, 0.05) is 32.1 Å². The van der Waals surface area contributed by atoms with E-state index in [1.165, 1.54) is 24.3 Å². The van der Waals surface area contributed by atoms with Crippen LogP contribution in [0.25, 0.3) is 0 Å². The Hall–Kier alpha value is -0.480. The SMILES string of the molecule is Cn1ccc(CNCCSCC2CC2)n1. The Kier molecular flexibility index (Phi) is 4.09. The van der Waals surface area contributed by atoms with Crippen LogP contribution in [0.3, 0.4) is 0 Å². The molecule has 4 heteroatoms. The summed E-state index contributed by atoms with van der Waals surface area (Å²) in [6.07, 6.45) is 4.92. The molecule has 3 nitrogen and oxygen atoms in total. The predicted molar refractivity (Wildman–Crippen MR) is 65.0 cm³/mol. The highest BCUT2D eigenvalue weighted by atomic mass is 32.2. The summed E-state index contributed by atoms with van der Waals surface area (Å²) >= 11 is 2.08. The van der Waals surface area contributed by atoms with Gasteiger partial charge in [0.1, 0.15) is 0 Å². The average molecular weight is 225 g/mol. The summed E-state index contributed by atoms with van der Waals surface area (Å²) in [6, 6.07) is 2.06. The minimum atomic E-state index is 0.894. The Morgan fingerprint density at radius 3 is 3.13 bits per heavy atom. The van der Waals surface area contributed by atoms with E-state index >= 15 is 0 Å². The van der Waals surface area contributed by atoms with Crippen molar-refractivity contribution in [1.29, 1.82) is 0 Å². The quantitative estimate of drug-likeness (QED) is 0.716. The van der Waals surface area contributed by atoms with Crippen molar-refractivity contribution in [3.05, 3.63) is 18.0 Å². The van der Waals surface area contributed by atoms with Crippen molar-refractivity contribution in [2.45, 2.75) is 19.4 Å². The van der Waals surface area contributed by atoms with Gasteiger partial charge in [-0.3, -0.25) is 4.68 Å². The first-order valence-electron chi connectivity index (χ1n) is 5.61. The van der Waals surface area contributed by atoms with E-state index in [1.54, 1.807) is 0 Å². The third-order valence-corrected chi connectivity index (χ3v) is 3.75. The maximum absolute atomic E-state index is 4.31. The minimum absolute atomic E-state index is 0.894. The molecule has 2 rings (SSSR count). The van der Waals surface area contributed by atoms with Gasteiger partial charge in [0.2, 0.25) is 0 Å². The van der Waals surface area contributed by atoms with Crippen LogP contribution in [0.2, 0.25) is 0 Å². The highest BCUT2D eigenvalue weighted by Crippen LogP contribution is 2.32. The second-order valence-electron chi connectivity index (χ2n) is 4.18. The molecule has 1 heterocycles. The first-order chi connectivity index (χ1) is 7.34. The zero-order valence-electron chi connectivity index (χ0n) is 9.28. The van der Waals surface area contributed by atoms with Gasteiger partial charge in [0.25, 0.3) is 0 Å². The number of hydrogen-bond donors (Lipinski definition) is 1.